The van der Waals surface area contributed by atoms with E-state index in [4.69, 9.17) is 0 Å². The maximum atomic E-state index is 13.3. The molecule has 21 heavy (non-hydrogen) atoms. The molecular formula is C17H17FN2O. The van der Waals surface area contributed by atoms with Crippen LogP contribution in [0.15, 0.2) is 48.5 Å². The van der Waals surface area contributed by atoms with Gasteiger partial charge in [0.15, 0.2) is 0 Å². The van der Waals surface area contributed by atoms with E-state index < -0.39 is 0 Å². The summed E-state index contributed by atoms with van der Waals surface area (Å²) in [6.45, 7) is 4.40. The van der Waals surface area contributed by atoms with Crippen LogP contribution in [0.3, 0.4) is 0 Å². The molecule has 0 unspecified atom stereocenters. The second kappa shape index (κ2) is 5.56. The standard InChI is InChI=1S/C17H17FN2O/c1-2-19-10-11-20(16-9-4-3-8-15(16)19)17(21)13-6-5-7-14(18)12-13/h3-9,12H,2,10-11H2,1H3. The number of hydrogen-bond acceptors (Lipinski definition) is 2. The van der Waals surface area contributed by atoms with Crippen LogP contribution in [0.4, 0.5) is 15.8 Å². The molecule has 3 rings (SSSR count). The number of likely N-dealkylation sites (N-methyl/N-ethyl adjacent to an activating group) is 1. The smallest absolute Gasteiger partial charge is 0.258 e. The molecule has 2 aromatic rings. The zero-order valence-corrected chi connectivity index (χ0v) is 11.9. The van der Waals surface area contributed by atoms with Gasteiger partial charge in [0.2, 0.25) is 0 Å². The average Bonchev–Trinajstić information content (AvgIpc) is 2.53. The highest BCUT2D eigenvalue weighted by Crippen LogP contribution is 2.33. The second-order valence-corrected chi connectivity index (χ2v) is 5.04. The van der Waals surface area contributed by atoms with Crippen LogP contribution < -0.4 is 9.80 Å². The van der Waals surface area contributed by atoms with Crippen molar-refractivity contribution in [2.24, 2.45) is 0 Å². The van der Waals surface area contributed by atoms with E-state index in [0.29, 0.717) is 12.1 Å². The average molecular weight is 284 g/mol. The highest BCUT2D eigenvalue weighted by atomic mass is 19.1. The molecule has 0 N–H and O–H groups in total. The first-order valence-electron chi connectivity index (χ1n) is 7.12. The fraction of sp³-hybridized carbons (Fsp3) is 0.235. The van der Waals surface area contributed by atoms with E-state index in [1.165, 1.54) is 12.1 Å². The van der Waals surface area contributed by atoms with Crippen molar-refractivity contribution < 1.29 is 9.18 Å². The largest absolute Gasteiger partial charge is 0.368 e. The summed E-state index contributed by atoms with van der Waals surface area (Å²) in [5.41, 5.74) is 2.32. The summed E-state index contributed by atoms with van der Waals surface area (Å²) >= 11 is 0. The molecule has 0 aliphatic carbocycles. The third-order valence-corrected chi connectivity index (χ3v) is 3.81. The van der Waals surface area contributed by atoms with E-state index in [1.807, 2.05) is 24.3 Å². The van der Waals surface area contributed by atoms with Gasteiger partial charge in [-0.3, -0.25) is 4.79 Å². The first-order valence-corrected chi connectivity index (χ1v) is 7.12. The number of carbonyl (C=O) groups excluding carboxylic acids is 1. The molecule has 0 radical (unpaired) electrons. The maximum absolute atomic E-state index is 13.3. The number of amides is 1. The predicted octanol–water partition coefficient (Wildman–Crippen LogP) is 3.31. The van der Waals surface area contributed by atoms with Crippen LogP contribution in [0.2, 0.25) is 0 Å². The fourth-order valence-electron chi connectivity index (χ4n) is 2.74. The van der Waals surface area contributed by atoms with Gasteiger partial charge in [-0.2, -0.15) is 0 Å². The van der Waals surface area contributed by atoms with Crippen molar-refractivity contribution in [2.45, 2.75) is 6.92 Å². The van der Waals surface area contributed by atoms with E-state index in [2.05, 4.69) is 11.8 Å². The van der Waals surface area contributed by atoms with Crippen LogP contribution in [0.25, 0.3) is 0 Å². The van der Waals surface area contributed by atoms with Crippen molar-refractivity contribution in [1.29, 1.82) is 0 Å². The summed E-state index contributed by atoms with van der Waals surface area (Å²) in [4.78, 5) is 16.6. The third kappa shape index (κ3) is 2.49. The molecule has 4 heteroatoms. The van der Waals surface area contributed by atoms with Gasteiger partial charge in [-0.05, 0) is 37.3 Å². The van der Waals surface area contributed by atoms with Crippen LogP contribution in [0, 0.1) is 5.82 Å². The Kier molecular flexibility index (Phi) is 3.60. The van der Waals surface area contributed by atoms with Crippen molar-refractivity contribution in [3.05, 3.63) is 59.9 Å². The van der Waals surface area contributed by atoms with Crippen LogP contribution in [0.1, 0.15) is 17.3 Å². The minimum absolute atomic E-state index is 0.155. The van der Waals surface area contributed by atoms with Crippen molar-refractivity contribution in [3.8, 4) is 0 Å². The Balaban J connectivity index is 1.98. The van der Waals surface area contributed by atoms with E-state index >= 15 is 0 Å². The summed E-state index contributed by atoms with van der Waals surface area (Å²) in [6, 6.07) is 13.7. The molecule has 0 fully saturated rings. The van der Waals surface area contributed by atoms with Gasteiger partial charge in [0, 0.05) is 25.2 Å². The lowest BCUT2D eigenvalue weighted by molar-refractivity contribution is 0.0986. The van der Waals surface area contributed by atoms with Crippen LogP contribution in [-0.4, -0.2) is 25.5 Å². The summed E-state index contributed by atoms with van der Waals surface area (Å²) in [6.07, 6.45) is 0. The Morgan fingerprint density at radius 3 is 2.57 bits per heavy atom. The first-order chi connectivity index (χ1) is 10.2. The van der Waals surface area contributed by atoms with Gasteiger partial charge in [0.05, 0.1) is 11.4 Å². The van der Waals surface area contributed by atoms with E-state index in [0.717, 1.165) is 24.5 Å². The highest BCUT2D eigenvalue weighted by Gasteiger charge is 2.26. The van der Waals surface area contributed by atoms with Gasteiger partial charge in [0.25, 0.3) is 5.91 Å². The van der Waals surface area contributed by atoms with Crippen LogP contribution >= 0.6 is 0 Å². The molecule has 1 aliphatic rings. The number of nitrogens with zero attached hydrogens (tertiary/aromatic N) is 2. The summed E-state index contributed by atoms with van der Waals surface area (Å²) in [5.74, 6) is -0.543. The Bertz CT molecular complexity index is 671. The number of halogens is 1. The Morgan fingerprint density at radius 2 is 1.86 bits per heavy atom. The molecule has 0 spiro atoms. The monoisotopic (exact) mass is 284 g/mol. The number of carbonyl (C=O) groups is 1. The van der Waals surface area contributed by atoms with Gasteiger partial charge in [-0.1, -0.05) is 18.2 Å². The number of para-hydroxylation sites is 2. The summed E-state index contributed by atoms with van der Waals surface area (Å²) in [7, 11) is 0. The van der Waals surface area contributed by atoms with Crippen molar-refractivity contribution in [1.82, 2.24) is 0 Å². The maximum Gasteiger partial charge on any atom is 0.258 e. The van der Waals surface area contributed by atoms with Crippen molar-refractivity contribution in [3.63, 3.8) is 0 Å². The van der Waals surface area contributed by atoms with Crippen molar-refractivity contribution >= 4 is 17.3 Å². The number of rotatable bonds is 2. The second-order valence-electron chi connectivity index (χ2n) is 5.04. The molecule has 0 saturated heterocycles. The number of anilines is 2. The lowest BCUT2D eigenvalue weighted by atomic mass is 10.1. The van der Waals surface area contributed by atoms with Crippen molar-refractivity contribution in [2.75, 3.05) is 29.4 Å². The van der Waals surface area contributed by atoms with Gasteiger partial charge >= 0.3 is 0 Å². The summed E-state index contributed by atoms with van der Waals surface area (Å²) in [5, 5.41) is 0. The summed E-state index contributed by atoms with van der Waals surface area (Å²) < 4.78 is 13.3. The van der Waals surface area contributed by atoms with Gasteiger partial charge in [0.1, 0.15) is 5.82 Å². The third-order valence-electron chi connectivity index (χ3n) is 3.81. The minimum Gasteiger partial charge on any atom is -0.368 e. The molecule has 1 amide bonds. The number of fused-ring (bicyclic) bond motifs is 1. The molecule has 3 nitrogen and oxygen atoms in total. The Morgan fingerprint density at radius 1 is 1.10 bits per heavy atom. The molecule has 0 saturated carbocycles. The topological polar surface area (TPSA) is 23.6 Å². The molecule has 0 aromatic heterocycles. The lowest BCUT2D eigenvalue weighted by Gasteiger charge is -2.37. The number of hydrogen-bond donors (Lipinski definition) is 0. The molecular weight excluding hydrogens is 267 g/mol. The number of benzene rings is 2. The Hall–Kier alpha value is -2.36. The highest BCUT2D eigenvalue weighted by molar-refractivity contribution is 6.08. The quantitative estimate of drug-likeness (QED) is 0.844. The molecule has 0 atom stereocenters. The zero-order chi connectivity index (χ0) is 14.8. The first kappa shape index (κ1) is 13.6. The molecule has 0 bridgehead atoms. The van der Waals surface area contributed by atoms with Gasteiger partial charge < -0.3 is 9.80 Å². The molecule has 1 aliphatic heterocycles. The van der Waals surface area contributed by atoms with E-state index in [9.17, 15) is 9.18 Å². The minimum atomic E-state index is -0.388. The normalized spacial score (nSPS) is 14.0. The predicted molar refractivity (Wildman–Crippen MR) is 82.4 cm³/mol. The molecule has 1 heterocycles. The van der Waals surface area contributed by atoms with Crippen LogP contribution in [-0.2, 0) is 0 Å². The van der Waals surface area contributed by atoms with Gasteiger partial charge in [-0.15, -0.1) is 0 Å². The van der Waals surface area contributed by atoms with E-state index in [1.54, 1.807) is 17.0 Å². The fourth-order valence-corrected chi connectivity index (χ4v) is 2.74. The Labute approximate surface area is 123 Å². The van der Waals surface area contributed by atoms with E-state index in [-0.39, 0.29) is 11.7 Å². The zero-order valence-electron chi connectivity index (χ0n) is 11.9. The molecule has 108 valence electrons. The van der Waals surface area contributed by atoms with Gasteiger partial charge in [-0.25, -0.2) is 4.39 Å². The molecule has 2 aromatic carbocycles. The van der Waals surface area contributed by atoms with Crippen LogP contribution in [0.5, 0.6) is 0 Å². The lowest BCUT2D eigenvalue weighted by Crippen LogP contribution is -2.44. The SMILES string of the molecule is CCN1CCN(C(=O)c2cccc(F)c2)c2ccccc21.